The van der Waals surface area contributed by atoms with Gasteiger partial charge in [-0.15, -0.1) is 0 Å². The molecule has 152 valence electrons. The first-order valence-corrected chi connectivity index (χ1v) is 11.4. The van der Waals surface area contributed by atoms with Crippen LogP contribution in [0, 0.1) is 5.92 Å². The Hall–Kier alpha value is -1.38. The summed E-state index contributed by atoms with van der Waals surface area (Å²) < 4.78 is 37.8. The van der Waals surface area contributed by atoms with E-state index in [1.54, 1.807) is 0 Å². The van der Waals surface area contributed by atoms with Gasteiger partial charge >= 0.3 is 0 Å². The molecule has 2 unspecified atom stereocenters. The second kappa shape index (κ2) is 9.21. The molecule has 0 radical (unpaired) electrons. The minimum absolute atomic E-state index is 0.0108. The van der Waals surface area contributed by atoms with Crippen LogP contribution >= 0.6 is 0 Å². The van der Waals surface area contributed by atoms with E-state index in [9.17, 15) is 13.2 Å². The molecule has 1 N–H and O–H groups in total. The maximum atomic E-state index is 12.6. The third-order valence-corrected chi connectivity index (χ3v) is 7.24. The Morgan fingerprint density at radius 1 is 1.19 bits per heavy atom. The standard InChI is InChI=1S/C19H30N2O5S/c1-15-7-3-4-8-16(15)25-14-11-20-19(22)17-9-10-18(26-17)27(23,24)21-12-5-2-6-13-21/h9-10,15-16H,2-8,11-14H2,1H3,(H,20,22). The Morgan fingerprint density at radius 3 is 2.67 bits per heavy atom. The van der Waals surface area contributed by atoms with Crippen molar-refractivity contribution in [2.45, 2.75) is 63.1 Å². The van der Waals surface area contributed by atoms with Crippen molar-refractivity contribution in [2.75, 3.05) is 26.2 Å². The van der Waals surface area contributed by atoms with E-state index >= 15 is 0 Å². The Labute approximate surface area is 161 Å². The largest absolute Gasteiger partial charge is 0.438 e. The summed E-state index contributed by atoms with van der Waals surface area (Å²) >= 11 is 0. The van der Waals surface area contributed by atoms with E-state index in [4.69, 9.17) is 9.15 Å². The van der Waals surface area contributed by atoms with Gasteiger partial charge in [0.15, 0.2) is 5.76 Å². The monoisotopic (exact) mass is 398 g/mol. The summed E-state index contributed by atoms with van der Waals surface area (Å²) in [7, 11) is -3.66. The van der Waals surface area contributed by atoms with Gasteiger partial charge in [-0.25, -0.2) is 8.42 Å². The lowest BCUT2D eigenvalue weighted by atomic mass is 9.88. The fraction of sp³-hybridized carbons (Fsp3) is 0.737. The molecule has 0 bridgehead atoms. The van der Waals surface area contributed by atoms with E-state index in [2.05, 4.69) is 12.2 Å². The molecule has 2 fully saturated rings. The number of rotatable bonds is 7. The van der Waals surface area contributed by atoms with Crippen molar-refractivity contribution >= 4 is 15.9 Å². The summed E-state index contributed by atoms with van der Waals surface area (Å²) in [5, 5.41) is 2.57. The van der Waals surface area contributed by atoms with Gasteiger partial charge in [0.1, 0.15) is 0 Å². The zero-order valence-electron chi connectivity index (χ0n) is 16.0. The number of hydrogen-bond acceptors (Lipinski definition) is 5. The van der Waals surface area contributed by atoms with Gasteiger partial charge in [-0.05, 0) is 43.7 Å². The predicted octanol–water partition coefficient (Wildman–Crippen LogP) is 2.78. The lowest BCUT2D eigenvalue weighted by Gasteiger charge is -2.28. The third-order valence-electron chi connectivity index (χ3n) is 5.47. The Kier molecular flexibility index (Phi) is 6.94. The smallest absolute Gasteiger partial charge is 0.287 e. The number of amides is 1. The minimum Gasteiger partial charge on any atom is -0.438 e. The van der Waals surface area contributed by atoms with Crippen LogP contribution in [-0.4, -0.2) is 51.0 Å². The predicted molar refractivity (Wildman–Crippen MR) is 101 cm³/mol. The van der Waals surface area contributed by atoms with Gasteiger partial charge in [-0.2, -0.15) is 4.31 Å². The number of piperidine rings is 1. The van der Waals surface area contributed by atoms with Crippen LogP contribution in [0.4, 0.5) is 0 Å². The van der Waals surface area contributed by atoms with E-state index in [1.807, 2.05) is 0 Å². The molecule has 7 nitrogen and oxygen atoms in total. The van der Waals surface area contributed by atoms with Crippen molar-refractivity contribution in [1.29, 1.82) is 0 Å². The summed E-state index contributed by atoms with van der Waals surface area (Å²) in [4.78, 5) is 12.2. The number of nitrogens with zero attached hydrogens (tertiary/aromatic N) is 1. The number of carbonyl (C=O) groups excluding carboxylic acids is 1. The van der Waals surface area contributed by atoms with Gasteiger partial charge in [0.2, 0.25) is 5.09 Å². The number of nitrogens with one attached hydrogen (secondary N) is 1. The van der Waals surface area contributed by atoms with Crippen LogP contribution in [0.2, 0.25) is 0 Å². The van der Waals surface area contributed by atoms with E-state index in [-0.39, 0.29) is 17.0 Å². The third kappa shape index (κ3) is 5.12. The molecule has 1 amide bonds. The quantitative estimate of drug-likeness (QED) is 0.714. The Morgan fingerprint density at radius 2 is 1.93 bits per heavy atom. The van der Waals surface area contributed by atoms with Gasteiger partial charge in [-0.3, -0.25) is 4.79 Å². The summed E-state index contributed by atoms with van der Waals surface area (Å²) in [5.41, 5.74) is 0. The highest BCUT2D eigenvalue weighted by molar-refractivity contribution is 7.89. The molecule has 8 heteroatoms. The number of hydrogen-bond donors (Lipinski definition) is 1. The molecule has 2 atom stereocenters. The van der Waals surface area contributed by atoms with Crippen molar-refractivity contribution in [2.24, 2.45) is 5.92 Å². The molecule has 0 aromatic carbocycles. The number of carbonyl (C=O) groups is 1. The van der Waals surface area contributed by atoms with Crippen molar-refractivity contribution in [3.05, 3.63) is 17.9 Å². The summed E-state index contributed by atoms with van der Waals surface area (Å²) in [6.07, 6.45) is 7.74. The summed E-state index contributed by atoms with van der Waals surface area (Å²) in [5.74, 6) is 0.147. The van der Waals surface area contributed by atoms with Crippen molar-refractivity contribution in [3.8, 4) is 0 Å². The van der Waals surface area contributed by atoms with Gasteiger partial charge in [0, 0.05) is 19.6 Å². The number of furan rings is 1. The molecule has 2 heterocycles. The SMILES string of the molecule is CC1CCCCC1OCCNC(=O)c1ccc(S(=O)(=O)N2CCCCC2)o1. The normalized spacial score (nSPS) is 24.6. The zero-order valence-corrected chi connectivity index (χ0v) is 16.8. The van der Waals surface area contributed by atoms with E-state index in [0.29, 0.717) is 32.2 Å². The van der Waals surface area contributed by atoms with E-state index in [1.165, 1.54) is 35.7 Å². The van der Waals surface area contributed by atoms with Gasteiger partial charge in [0.25, 0.3) is 15.9 Å². The van der Waals surface area contributed by atoms with Crippen molar-refractivity contribution < 1.29 is 22.4 Å². The minimum atomic E-state index is -3.66. The van der Waals surface area contributed by atoms with Crippen LogP contribution in [0.25, 0.3) is 0 Å². The van der Waals surface area contributed by atoms with Crippen LogP contribution in [0.15, 0.2) is 21.6 Å². The highest BCUT2D eigenvalue weighted by Gasteiger charge is 2.29. The van der Waals surface area contributed by atoms with Crippen LogP contribution in [-0.2, 0) is 14.8 Å². The Bertz CT molecular complexity index is 724. The van der Waals surface area contributed by atoms with Crippen molar-refractivity contribution in [3.63, 3.8) is 0 Å². The summed E-state index contributed by atoms with van der Waals surface area (Å²) in [6, 6.07) is 2.77. The Balaban J connectivity index is 1.48. The average molecular weight is 399 g/mol. The van der Waals surface area contributed by atoms with E-state index in [0.717, 1.165) is 25.7 Å². The first-order valence-electron chi connectivity index (χ1n) is 9.98. The molecule has 1 aliphatic carbocycles. The van der Waals surface area contributed by atoms with Gasteiger partial charge < -0.3 is 14.5 Å². The van der Waals surface area contributed by atoms with Crippen LogP contribution in [0.5, 0.6) is 0 Å². The van der Waals surface area contributed by atoms with Crippen LogP contribution < -0.4 is 5.32 Å². The molecular weight excluding hydrogens is 368 g/mol. The zero-order chi connectivity index (χ0) is 19.3. The maximum absolute atomic E-state index is 12.6. The summed E-state index contributed by atoms with van der Waals surface area (Å²) in [6.45, 7) is 4.02. The number of ether oxygens (including phenoxy) is 1. The van der Waals surface area contributed by atoms with Crippen molar-refractivity contribution in [1.82, 2.24) is 9.62 Å². The second-order valence-electron chi connectivity index (χ2n) is 7.51. The van der Waals surface area contributed by atoms with Gasteiger partial charge in [-0.1, -0.05) is 26.2 Å². The van der Waals surface area contributed by atoms with Crippen LogP contribution in [0.1, 0.15) is 62.4 Å². The average Bonchev–Trinajstić information content (AvgIpc) is 3.18. The van der Waals surface area contributed by atoms with E-state index < -0.39 is 15.9 Å². The molecule has 1 aromatic rings. The van der Waals surface area contributed by atoms with Crippen LogP contribution in [0.3, 0.4) is 0 Å². The lowest BCUT2D eigenvalue weighted by molar-refractivity contribution is -0.00301. The molecule has 3 rings (SSSR count). The molecule has 2 aliphatic rings. The first-order chi connectivity index (χ1) is 13.0. The van der Waals surface area contributed by atoms with Gasteiger partial charge in [0.05, 0.1) is 12.7 Å². The molecule has 0 spiro atoms. The molecule has 27 heavy (non-hydrogen) atoms. The number of sulfonamides is 1. The molecule has 1 saturated heterocycles. The first kappa shape index (κ1) is 20.4. The highest BCUT2D eigenvalue weighted by Crippen LogP contribution is 2.26. The fourth-order valence-corrected chi connectivity index (χ4v) is 5.23. The lowest BCUT2D eigenvalue weighted by Crippen LogP contribution is -2.35. The maximum Gasteiger partial charge on any atom is 0.287 e. The molecule has 1 aliphatic heterocycles. The topological polar surface area (TPSA) is 88.8 Å². The molecule has 1 saturated carbocycles. The molecule has 1 aromatic heterocycles. The highest BCUT2D eigenvalue weighted by atomic mass is 32.2. The fourth-order valence-electron chi connectivity index (χ4n) is 3.81. The second-order valence-corrected chi connectivity index (χ2v) is 9.38. The molecular formula is C19H30N2O5S.